The SMILES string of the molecule is CC(C)CCOc1ccc(C(=O)NC(=S)Nc2ccc(C(=O)NC(C)C)cc2)cc1Br. The fourth-order valence-corrected chi connectivity index (χ4v) is 3.26. The van der Waals surface area contributed by atoms with E-state index in [0.717, 1.165) is 6.42 Å². The van der Waals surface area contributed by atoms with E-state index in [-0.39, 0.29) is 23.0 Å². The van der Waals surface area contributed by atoms with Gasteiger partial charge < -0.3 is 15.4 Å². The highest BCUT2D eigenvalue weighted by atomic mass is 79.9. The molecule has 0 radical (unpaired) electrons. The summed E-state index contributed by atoms with van der Waals surface area (Å²) in [6.07, 6.45) is 0.956. The van der Waals surface area contributed by atoms with Crippen molar-refractivity contribution in [3.05, 3.63) is 58.1 Å². The highest BCUT2D eigenvalue weighted by Gasteiger charge is 2.12. The summed E-state index contributed by atoms with van der Waals surface area (Å²) in [6.45, 7) is 8.71. The fraction of sp³-hybridized carbons (Fsp3) is 0.348. The number of benzene rings is 2. The maximum atomic E-state index is 12.5. The summed E-state index contributed by atoms with van der Waals surface area (Å²) in [4.78, 5) is 24.5. The third-order valence-electron chi connectivity index (χ3n) is 4.20. The molecule has 0 unspecified atom stereocenters. The quantitative estimate of drug-likeness (QED) is 0.432. The predicted molar refractivity (Wildman–Crippen MR) is 132 cm³/mol. The third-order valence-corrected chi connectivity index (χ3v) is 5.02. The van der Waals surface area contributed by atoms with Crippen LogP contribution < -0.4 is 20.7 Å². The van der Waals surface area contributed by atoms with Crippen molar-refractivity contribution in [1.29, 1.82) is 0 Å². The monoisotopic (exact) mass is 505 g/mol. The van der Waals surface area contributed by atoms with Crippen molar-refractivity contribution in [3.8, 4) is 5.75 Å². The van der Waals surface area contributed by atoms with Gasteiger partial charge in [-0.3, -0.25) is 14.9 Å². The molecule has 2 amide bonds. The molecule has 31 heavy (non-hydrogen) atoms. The number of ether oxygens (including phenoxy) is 1. The number of rotatable bonds is 8. The Morgan fingerprint density at radius 1 is 1.00 bits per heavy atom. The van der Waals surface area contributed by atoms with Gasteiger partial charge in [0.2, 0.25) is 0 Å². The van der Waals surface area contributed by atoms with Crippen LogP contribution in [0.4, 0.5) is 5.69 Å². The molecule has 0 aromatic heterocycles. The summed E-state index contributed by atoms with van der Waals surface area (Å²) in [5.41, 5.74) is 1.67. The minimum Gasteiger partial charge on any atom is -0.492 e. The molecule has 0 bridgehead atoms. The Balaban J connectivity index is 1.91. The molecule has 2 aromatic rings. The maximum Gasteiger partial charge on any atom is 0.257 e. The van der Waals surface area contributed by atoms with Crippen LogP contribution in [0, 0.1) is 5.92 Å². The minimum atomic E-state index is -0.333. The second-order valence-corrected chi connectivity index (χ2v) is 9.05. The molecule has 0 fully saturated rings. The molecule has 0 atom stereocenters. The first kappa shape index (κ1) is 24.8. The molecule has 0 spiro atoms. The zero-order valence-electron chi connectivity index (χ0n) is 18.1. The Kier molecular flexibility index (Phi) is 9.45. The Morgan fingerprint density at radius 2 is 1.65 bits per heavy atom. The van der Waals surface area contributed by atoms with Gasteiger partial charge in [0.05, 0.1) is 11.1 Å². The van der Waals surface area contributed by atoms with Gasteiger partial charge in [0.1, 0.15) is 5.75 Å². The lowest BCUT2D eigenvalue weighted by atomic mass is 10.1. The molecule has 8 heteroatoms. The number of carbonyl (C=O) groups excluding carboxylic acids is 2. The topological polar surface area (TPSA) is 79.5 Å². The van der Waals surface area contributed by atoms with E-state index in [1.807, 2.05) is 13.8 Å². The summed E-state index contributed by atoms with van der Waals surface area (Å²) in [5, 5.41) is 8.60. The third kappa shape index (κ3) is 8.30. The summed E-state index contributed by atoms with van der Waals surface area (Å²) in [6, 6.07) is 12.1. The van der Waals surface area contributed by atoms with Crippen LogP contribution >= 0.6 is 28.1 Å². The van der Waals surface area contributed by atoms with Gasteiger partial charge in [0, 0.05) is 22.9 Å². The molecule has 3 N–H and O–H groups in total. The van der Waals surface area contributed by atoms with Crippen LogP contribution in [0.1, 0.15) is 54.8 Å². The molecule has 0 saturated carbocycles. The molecule has 6 nitrogen and oxygen atoms in total. The van der Waals surface area contributed by atoms with Crippen molar-refractivity contribution < 1.29 is 14.3 Å². The van der Waals surface area contributed by atoms with Crippen LogP contribution in [-0.4, -0.2) is 29.6 Å². The van der Waals surface area contributed by atoms with Gasteiger partial charge in [-0.1, -0.05) is 13.8 Å². The van der Waals surface area contributed by atoms with Gasteiger partial charge in [-0.05, 0) is 96.8 Å². The molecule has 0 aliphatic rings. The van der Waals surface area contributed by atoms with Crippen LogP contribution in [0.15, 0.2) is 46.9 Å². The molecule has 166 valence electrons. The smallest absolute Gasteiger partial charge is 0.257 e. The van der Waals surface area contributed by atoms with Gasteiger partial charge in [0.15, 0.2) is 5.11 Å². The van der Waals surface area contributed by atoms with Gasteiger partial charge in [-0.25, -0.2) is 0 Å². The highest BCUT2D eigenvalue weighted by Crippen LogP contribution is 2.26. The highest BCUT2D eigenvalue weighted by molar-refractivity contribution is 9.10. The number of amides is 2. The number of thiocarbonyl (C=S) groups is 1. The van der Waals surface area contributed by atoms with Crippen LogP contribution in [0.2, 0.25) is 0 Å². The molecule has 0 aliphatic heterocycles. The van der Waals surface area contributed by atoms with Crippen molar-refractivity contribution in [1.82, 2.24) is 10.6 Å². The Hall–Kier alpha value is -2.45. The van der Waals surface area contributed by atoms with E-state index in [0.29, 0.717) is 39.6 Å². The second-order valence-electron chi connectivity index (χ2n) is 7.79. The first-order valence-corrected chi connectivity index (χ1v) is 11.3. The number of anilines is 1. The van der Waals surface area contributed by atoms with Crippen molar-refractivity contribution >= 4 is 50.8 Å². The number of carbonyl (C=O) groups is 2. The number of hydrogen-bond acceptors (Lipinski definition) is 4. The van der Waals surface area contributed by atoms with Gasteiger partial charge in [0.25, 0.3) is 11.8 Å². The van der Waals surface area contributed by atoms with Crippen molar-refractivity contribution in [3.63, 3.8) is 0 Å². The minimum absolute atomic E-state index is 0.0637. The average molecular weight is 506 g/mol. The van der Waals surface area contributed by atoms with E-state index < -0.39 is 0 Å². The summed E-state index contributed by atoms with van der Waals surface area (Å²) in [5.74, 6) is 0.782. The van der Waals surface area contributed by atoms with Crippen LogP contribution in [-0.2, 0) is 0 Å². The lowest BCUT2D eigenvalue weighted by Gasteiger charge is -2.13. The molecule has 0 heterocycles. The van der Waals surface area contributed by atoms with Gasteiger partial charge in [-0.2, -0.15) is 0 Å². The summed E-state index contributed by atoms with van der Waals surface area (Å²) in [7, 11) is 0. The van der Waals surface area contributed by atoms with E-state index in [9.17, 15) is 9.59 Å². The van der Waals surface area contributed by atoms with E-state index in [4.69, 9.17) is 17.0 Å². The molecule has 2 rings (SSSR count). The Morgan fingerprint density at radius 3 is 2.23 bits per heavy atom. The molecule has 0 aliphatic carbocycles. The number of hydrogen-bond donors (Lipinski definition) is 3. The number of halogens is 1. The standard InChI is InChI=1S/C23H28BrN3O3S/c1-14(2)11-12-30-20-10-7-17(13-19(20)24)22(29)27-23(31)26-18-8-5-16(6-9-18)21(28)25-15(3)4/h5-10,13-15H,11-12H2,1-4H3,(H,25,28)(H2,26,27,29,31). The molecule has 0 saturated heterocycles. The zero-order chi connectivity index (χ0) is 23.0. The van der Waals surface area contributed by atoms with Gasteiger partial charge >= 0.3 is 0 Å². The molecule has 2 aromatic carbocycles. The van der Waals surface area contributed by atoms with Crippen molar-refractivity contribution in [2.24, 2.45) is 5.92 Å². The molecular formula is C23H28BrN3O3S. The van der Waals surface area contributed by atoms with Crippen LogP contribution in [0.25, 0.3) is 0 Å². The second kappa shape index (κ2) is 11.8. The first-order valence-electron chi connectivity index (χ1n) is 10.1. The van der Waals surface area contributed by atoms with Crippen molar-refractivity contribution in [2.45, 2.75) is 40.2 Å². The number of nitrogens with one attached hydrogen (secondary N) is 3. The van der Waals surface area contributed by atoms with Crippen molar-refractivity contribution in [2.75, 3.05) is 11.9 Å². The summed E-state index contributed by atoms with van der Waals surface area (Å²) >= 11 is 8.68. The van der Waals surface area contributed by atoms with E-state index in [2.05, 4.69) is 45.7 Å². The predicted octanol–water partition coefficient (Wildman–Crippen LogP) is 5.14. The fourth-order valence-electron chi connectivity index (χ4n) is 2.55. The largest absolute Gasteiger partial charge is 0.492 e. The lowest BCUT2D eigenvalue weighted by Crippen LogP contribution is -2.34. The van der Waals surface area contributed by atoms with Gasteiger partial charge in [-0.15, -0.1) is 0 Å². The van der Waals surface area contributed by atoms with E-state index >= 15 is 0 Å². The molecular weight excluding hydrogens is 478 g/mol. The summed E-state index contributed by atoms with van der Waals surface area (Å²) < 4.78 is 6.45. The first-order chi connectivity index (χ1) is 14.7. The maximum absolute atomic E-state index is 12.5. The Bertz CT molecular complexity index is 930. The van der Waals surface area contributed by atoms with Crippen LogP contribution in [0.5, 0.6) is 5.75 Å². The van der Waals surface area contributed by atoms with E-state index in [1.165, 1.54) is 0 Å². The van der Waals surface area contributed by atoms with Crippen LogP contribution in [0.3, 0.4) is 0 Å². The zero-order valence-corrected chi connectivity index (χ0v) is 20.5. The lowest BCUT2D eigenvalue weighted by molar-refractivity contribution is 0.0941. The van der Waals surface area contributed by atoms with E-state index in [1.54, 1.807) is 42.5 Å². The Labute approximate surface area is 197 Å². The normalized spacial score (nSPS) is 10.7. The average Bonchev–Trinajstić information content (AvgIpc) is 2.68.